The van der Waals surface area contributed by atoms with Crippen LogP contribution in [0.15, 0.2) is 17.5 Å². The Balaban J connectivity index is 1.52. The minimum absolute atomic E-state index is 0.00122. The lowest BCUT2D eigenvalue weighted by Crippen LogP contribution is -2.18. The summed E-state index contributed by atoms with van der Waals surface area (Å²) >= 11 is 1.67. The molecule has 0 bridgehead atoms. The van der Waals surface area contributed by atoms with Gasteiger partial charge in [0.1, 0.15) is 12.3 Å². The van der Waals surface area contributed by atoms with Crippen LogP contribution in [0.25, 0.3) is 0 Å². The standard InChI is InChI=1S/C19H21NO4S/c1-11-17-14(8-12(9-15(17)21)16-5-3-7-25-16)20-18(11)19(22)24-10-13-4-2-6-23-13/h3,5,7,12-13,20H,2,4,6,8-10H2,1H3. The lowest BCUT2D eigenvalue weighted by Gasteiger charge is -2.20. The summed E-state index contributed by atoms with van der Waals surface area (Å²) in [6, 6.07) is 4.08. The molecule has 2 unspecified atom stereocenters. The minimum Gasteiger partial charge on any atom is -0.458 e. The van der Waals surface area contributed by atoms with Crippen molar-refractivity contribution in [1.29, 1.82) is 0 Å². The highest BCUT2D eigenvalue weighted by atomic mass is 32.1. The number of nitrogens with one attached hydrogen (secondary N) is 1. The summed E-state index contributed by atoms with van der Waals surface area (Å²) in [6.07, 6.45) is 3.18. The second-order valence-corrected chi connectivity index (χ2v) is 7.74. The molecule has 0 amide bonds. The van der Waals surface area contributed by atoms with E-state index in [0.717, 1.165) is 31.6 Å². The molecule has 1 aliphatic carbocycles. The van der Waals surface area contributed by atoms with Gasteiger partial charge in [0.2, 0.25) is 0 Å². The molecule has 2 aliphatic rings. The van der Waals surface area contributed by atoms with Gasteiger partial charge in [-0.05, 0) is 43.2 Å². The van der Waals surface area contributed by atoms with Gasteiger partial charge in [-0.25, -0.2) is 4.79 Å². The Kier molecular flexibility index (Phi) is 4.48. The molecule has 6 heteroatoms. The van der Waals surface area contributed by atoms with Crippen molar-refractivity contribution < 1.29 is 19.1 Å². The van der Waals surface area contributed by atoms with Crippen LogP contribution in [-0.4, -0.2) is 36.1 Å². The first kappa shape index (κ1) is 16.5. The van der Waals surface area contributed by atoms with Gasteiger partial charge in [-0.1, -0.05) is 6.07 Å². The van der Waals surface area contributed by atoms with Crippen LogP contribution in [0.2, 0.25) is 0 Å². The van der Waals surface area contributed by atoms with Crippen LogP contribution in [0.5, 0.6) is 0 Å². The molecule has 0 radical (unpaired) electrons. The fourth-order valence-electron chi connectivity index (χ4n) is 3.78. The lowest BCUT2D eigenvalue weighted by atomic mass is 9.84. The quantitative estimate of drug-likeness (QED) is 0.847. The molecule has 1 saturated heterocycles. The molecule has 2 aromatic rings. The Morgan fingerprint density at radius 1 is 1.44 bits per heavy atom. The van der Waals surface area contributed by atoms with Crippen molar-refractivity contribution in [2.45, 2.75) is 44.6 Å². The summed E-state index contributed by atoms with van der Waals surface area (Å²) in [4.78, 5) is 29.5. The van der Waals surface area contributed by atoms with E-state index in [9.17, 15) is 9.59 Å². The second-order valence-electron chi connectivity index (χ2n) is 6.76. The largest absolute Gasteiger partial charge is 0.458 e. The first-order chi connectivity index (χ1) is 12.1. The third-order valence-corrected chi connectivity index (χ3v) is 6.10. The number of rotatable bonds is 4. The van der Waals surface area contributed by atoms with Crippen LogP contribution in [0, 0.1) is 6.92 Å². The average Bonchev–Trinajstić information content (AvgIpc) is 3.34. The fraction of sp³-hybridized carbons (Fsp3) is 0.474. The maximum atomic E-state index is 12.6. The highest BCUT2D eigenvalue weighted by Crippen LogP contribution is 2.36. The Morgan fingerprint density at radius 2 is 2.32 bits per heavy atom. The highest BCUT2D eigenvalue weighted by Gasteiger charge is 2.32. The normalized spacial score (nSPS) is 22.8. The minimum atomic E-state index is -0.400. The highest BCUT2D eigenvalue weighted by molar-refractivity contribution is 7.10. The van der Waals surface area contributed by atoms with Crippen LogP contribution in [0.3, 0.4) is 0 Å². The number of ether oxygens (including phenoxy) is 2. The number of thiophene rings is 1. The van der Waals surface area contributed by atoms with Gasteiger partial charge in [-0.3, -0.25) is 4.79 Å². The number of hydrogen-bond donors (Lipinski definition) is 1. The monoisotopic (exact) mass is 359 g/mol. The first-order valence-electron chi connectivity index (χ1n) is 8.70. The number of aromatic amines is 1. The van der Waals surface area contributed by atoms with Crippen LogP contribution >= 0.6 is 11.3 Å². The van der Waals surface area contributed by atoms with E-state index in [1.165, 1.54) is 4.88 Å². The molecule has 0 aromatic carbocycles. The van der Waals surface area contributed by atoms with E-state index in [1.807, 2.05) is 18.4 Å². The number of carbonyl (C=O) groups excluding carboxylic acids is 2. The van der Waals surface area contributed by atoms with E-state index in [0.29, 0.717) is 23.2 Å². The number of H-pyrrole nitrogens is 1. The van der Waals surface area contributed by atoms with Gasteiger partial charge in [-0.15, -0.1) is 11.3 Å². The summed E-state index contributed by atoms with van der Waals surface area (Å²) in [5, 5.41) is 2.03. The van der Waals surface area contributed by atoms with Crippen molar-refractivity contribution >= 4 is 23.1 Å². The predicted molar refractivity (Wildman–Crippen MR) is 94.5 cm³/mol. The van der Waals surface area contributed by atoms with Gasteiger partial charge in [-0.2, -0.15) is 0 Å². The van der Waals surface area contributed by atoms with Crippen molar-refractivity contribution in [2.24, 2.45) is 0 Å². The van der Waals surface area contributed by atoms with Crippen LogP contribution in [0.4, 0.5) is 0 Å². The number of esters is 1. The zero-order valence-electron chi connectivity index (χ0n) is 14.2. The number of ketones is 1. The lowest BCUT2D eigenvalue weighted by molar-refractivity contribution is 0.0156. The van der Waals surface area contributed by atoms with E-state index in [1.54, 1.807) is 11.3 Å². The van der Waals surface area contributed by atoms with E-state index in [2.05, 4.69) is 11.1 Å². The molecule has 4 rings (SSSR count). The van der Waals surface area contributed by atoms with Gasteiger partial charge >= 0.3 is 5.97 Å². The molecule has 2 aromatic heterocycles. The zero-order valence-corrected chi connectivity index (χ0v) is 15.0. The van der Waals surface area contributed by atoms with Crippen molar-refractivity contribution in [3.05, 3.63) is 44.9 Å². The van der Waals surface area contributed by atoms with E-state index in [4.69, 9.17) is 9.47 Å². The average molecular weight is 359 g/mol. The van der Waals surface area contributed by atoms with Gasteiger partial charge in [0.05, 0.1) is 6.10 Å². The zero-order chi connectivity index (χ0) is 17.4. The van der Waals surface area contributed by atoms with Gasteiger partial charge < -0.3 is 14.5 Å². The molecule has 1 N–H and O–H groups in total. The Bertz CT molecular complexity index is 787. The molecule has 1 aliphatic heterocycles. The molecule has 0 saturated carbocycles. The summed E-state index contributed by atoms with van der Waals surface area (Å²) in [7, 11) is 0. The SMILES string of the molecule is Cc1c(C(=O)OCC2CCCO2)[nH]c2c1C(=O)CC(c1cccs1)C2. The topological polar surface area (TPSA) is 68.4 Å². The van der Waals surface area contributed by atoms with Crippen molar-refractivity contribution in [2.75, 3.05) is 13.2 Å². The number of Topliss-reactive ketones (excluding diaryl/α,β-unsaturated/α-hetero) is 1. The summed E-state index contributed by atoms with van der Waals surface area (Å²) < 4.78 is 10.9. The first-order valence-corrected chi connectivity index (χ1v) is 9.58. The van der Waals surface area contributed by atoms with Gasteiger partial charge in [0.25, 0.3) is 0 Å². The molecule has 2 atom stereocenters. The smallest absolute Gasteiger partial charge is 0.355 e. The number of hydrogen-bond acceptors (Lipinski definition) is 5. The molecular formula is C19H21NO4S. The molecular weight excluding hydrogens is 338 g/mol. The second kappa shape index (κ2) is 6.77. The molecule has 3 heterocycles. The fourth-order valence-corrected chi connectivity index (χ4v) is 4.61. The Labute approximate surface area is 150 Å². The summed E-state index contributed by atoms with van der Waals surface area (Å²) in [6.45, 7) is 2.83. The number of aromatic nitrogens is 1. The van der Waals surface area contributed by atoms with Crippen LogP contribution in [0.1, 0.15) is 62.2 Å². The summed E-state index contributed by atoms with van der Waals surface area (Å²) in [5.74, 6) is -0.108. The van der Waals surface area contributed by atoms with E-state index < -0.39 is 5.97 Å². The molecule has 25 heavy (non-hydrogen) atoms. The third kappa shape index (κ3) is 3.16. The van der Waals surface area contributed by atoms with E-state index in [-0.39, 0.29) is 24.4 Å². The predicted octanol–water partition coefficient (Wildman–Crippen LogP) is 3.63. The third-order valence-electron chi connectivity index (χ3n) is 5.06. The van der Waals surface area contributed by atoms with Crippen molar-refractivity contribution in [3.63, 3.8) is 0 Å². The van der Waals surface area contributed by atoms with Gasteiger partial charge in [0.15, 0.2) is 5.78 Å². The molecule has 5 nitrogen and oxygen atoms in total. The summed E-state index contributed by atoms with van der Waals surface area (Å²) in [5.41, 5.74) is 2.65. The van der Waals surface area contributed by atoms with Crippen molar-refractivity contribution in [1.82, 2.24) is 4.98 Å². The molecule has 0 spiro atoms. The van der Waals surface area contributed by atoms with E-state index >= 15 is 0 Å². The van der Waals surface area contributed by atoms with Crippen LogP contribution in [-0.2, 0) is 15.9 Å². The number of carbonyl (C=O) groups is 2. The van der Waals surface area contributed by atoms with Crippen molar-refractivity contribution in [3.8, 4) is 0 Å². The Hall–Kier alpha value is -1.92. The number of fused-ring (bicyclic) bond motifs is 1. The van der Waals surface area contributed by atoms with Crippen LogP contribution < -0.4 is 0 Å². The Morgan fingerprint density at radius 3 is 3.04 bits per heavy atom. The molecule has 132 valence electrons. The molecule has 1 fully saturated rings. The van der Waals surface area contributed by atoms with Gasteiger partial charge in [0, 0.05) is 35.1 Å². The maximum absolute atomic E-state index is 12.6. The maximum Gasteiger partial charge on any atom is 0.355 e.